The van der Waals surface area contributed by atoms with Crippen molar-refractivity contribution in [3.05, 3.63) is 108 Å². The van der Waals surface area contributed by atoms with Crippen LogP contribution < -0.4 is 20.1 Å². The highest BCUT2D eigenvalue weighted by molar-refractivity contribution is 7.91. The number of amides is 2. The molecule has 0 saturated carbocycles. The topological polar surface area (TPSA) is 283 Å². The highest BCUT2D eigenvalue weighted by Gasteiger charge is 2.27. The molecule has 21 heteroatoms. The van der Waals surface area contributed by atoms with Crippen LogP contribution in [0.25, 0.3) is 21.5 Å². The summed E-state index contributed by atoms with van der Waals surface area (Å²) in [6, 6.07) is 18.6. The molecular weight excluding hydrogens is 813 g/mol. The molecule has 0 aromatic heterocycles. The first-order valence-corrected chi connectivity index (χ1v) is 21.7. The number of carbonyl (C=O) groups excluding carboxylic acids is 1. The molecule has 0 heterocycles. The molecule has 0 aliphatic rings. The zero-order valence-electron chi connectivity index (χ0n) is 28.8. The lowest BCUT2D eigenvalue weighted by Gasteiger charge is -2.18. The van der Waals surface area contributed by atoms with Crippen molar-refractivity contribution in [3.8, 4) is 11.5 Å². The van der Waals surface area contributed by atoms with E-state index in [4.69, 9.17) is 0 Å². The van der Waals surface area contributed by atoms with Crippen molar-refractivity contribution >= 4 is 90.6 Å². The summed E-state index contributed by atoms with van der Waals surface area (Å²) < 4.78 is 126. The molecule has 0 bridgehead atoms. The molecule has 0 saturated heterocycles. The van der Waals surface area contributed by atoms with Crippen LogP contribution in [-0.2, 0) is 40.3 Å². The Hall–Kier alpha value is -5.97. The van der Waals surface area contributed by atoms with E-state index in [-0.39, 0.29) is 45.0 Å². The lowest BCUT2D eigenvalue weighted by Crippen LogP contribution is -2.42. The number of aryl methyl sites for hydroxylation is 2. The molecular formula is C35H30N4O13S4. The molecule has 6 aromatic carbocycles. The summed E-state index contributed by atoms with van der Waals surface area (Å²) in [5.74, 6) is -0.715. The first-order valence-electron chi connectivity index (χ1n) is 15.9. The maximum atomic E-state index is 13.4. The molecule has 0 aliphatic heterocycles. The van der Waals surface area contributed by atoms with E-state index in [0.717, 1.165) is 36.4 Å². The molecule has 0 radical (unpaired) electrons. The number of urea groups is 1. The largest absolute Gasteiger partial charge is 0.507 e. The molecule has 6 aromatic rings. The maximum Gasteiger partial charge on any atom is 0.342 e. The second-order valence-electron chi connectivity index (χ2n) is 12.3. The van der Waals surface area contributed by atoms with E-state index >= 15 is 0 Å². The van der Waals surface area contributed by atoms with Crippen molar-refractivity contribution < 1.29 is 57.8 Å². The summed E-state index contributed by atoms with van der Waals surface area (Å²) in [6.07, 6.45) is 0. The lowest BCUT2D eigenvalue weighted by atomic mass is 10.1. The summed E-state index contributed by atoms with van der Waals surface area (Å²) >= 11 is 0. The minimum absolute atomic E-state index is 0.0124. The predicted octanol–water partition coefficient (Wildman–Crippen LogP) is 5.38. The maximum absolute atomic E-state index is 13.4. The number of phenols is 2. The minimum Gasteiger partial charge on any atom is -0.507 e. The van der Waals surface area contributed by atoms with Gasteiger partial charge in [0.15, 0.2) is 0 Å². The van der Waals surface area contributed by atoms with E-state index in [2.05, 4.69) is 10.6 Å². The molecule has 292 valence electrons. The van der Waals surface area contributed by atoms with Gasteiger partial charge in [-0.3, -0.25) is 9.11 Å². The summed E-state index contributed by atoms with van der Waals surface area (Å²) in [4.78, 5) is 10.5. The van der Waals surface area contributed by atoms with Gasteiger partial charge in [0.1, 0.15) is 21.3 Å². The number of fused-ring (bicyclic) bond motifs is 2. The van der Waals surface area contributed by atoms with Gasteiger partial charge in [0.25, 0.3) is 40.3 Å². The van der Waals surface area contributed by atoms with Crippen molar-refractivity contribution in [2.45, 2.75) is 33.4 Å². The summed E-state index contributed by atoms with van der Waals surface area (Å²) in [5, 5.41) is 27.4. The monoisotopic (exact) mass is 842 g/mol. The standard InChI is InChI=1S/C35H30N4O13S4/c1-19-9-13-23(17-25(19)36-33-29(55(47,48)49)15-11-21-5-3-7-27(40)31(21)33)53(43,44)38-35(42)39-54(45,46)24-14-10-20(2)26(18-24)37-34-30(56(50,51)52)16-12-22-6-4-8-28(41)32(22)34/h3-18,36-37,40-41H,1-2H3,(H2,38,39,42)(H,47,48,49)(H,50,51,52). The fourth-order valence-electron chi connectivity index (χ4n) is 5.82. The van der Waals surface area contributed by atoms with E-state index in [9.17, 15) is 57.8 Å². The van der Waals surface area contributed by atoms with Crippen LogP contribution in [0.3, 0.4) is 0 Å². The van der Waals surface area contributed by atoms with Crippen LogP contribution in [0.4, 0.5) is 27.5 Å². The molecule has 0 spiro atoms. The number of rotatable bonds is 10. The normalized spacial score (nSPS) is 12.4. The lowest BCUT2D eigenvalue weighted by molar-refractivity contribution is 0.250. The average Bonchev–Trinajstić information content (AvgIpc) is 3.08. The Bertz CT molecular complexity index is 2880. The Labute approximate surface area is 320 Å². The van der Waals surface area contributed by atoms with Gasteiger partial charge >= 0.3 is 6.03 Å². The SMILES string of the molecule is Cc1ccc(S(=O)(=O)NC(=O)NS(=O)(=O)c2ccc(C)c(Nc3c(S(=O)(=O)O)ccc4cccc(O)c34)c2)cc1Nc1c(S(=O)(=O)O)ccc2cccc(O)c12. The van der Waals surface area contributed by atoms with Gasteiger partial charge in [0.05, 0.1) is 21.2 Å². The number of sulfonamides is 2. The molecule has 2 amide bonds. The highest BCUT2D eigenvalue weighted by Crippen LogP contribution is 2.40. The number of hydrogen-bond donors (Lipinski definition) is 8. The minimum atomic E-state index is -4.87. The van der Waals surface area contributed by atoms with Crippen LogP contribution >= 0.6 is 0 Å². The summed E-state index contributed by atoms with van der Waals surface area (Å²) in [7, 11) is -19.4. The van der Waals surface area contributed by atoms with E-state index < -0.39 is 65.9 Å². The van der Waals surface area contributed by atoms with Gasteiger partial charge < -0.3 is 20.8 Å². The van der Waals surface area contributed by atoms with Gasteiger partial charge in [-0.1, -0.05) is 48.5 Å². The molecule has 6 rings (SSSR count). The fraction of sp³-hybridized carbons (Fsp3) is 0.0571. The van der Waals surface area contributed by atoms with Crippen molar-refractivity contribution in [2.75, 3.05) is 10.6 Å². The molecule has 17 nitrogen and oxygen atoms in total. The van der Waals surface area contributed by atoms with Crippen LogP contribution in [0.2, 0.25) is 0 Å². The zero-order valence-corrected chi connectivity index (χ0v) is 32.1. The number of carbonyl (C=O) groups is 1. The van der Waals surface area contributed by atoms with Crippen LogP contribution in [0, 0.1) is 13.8 Å². The third-order valence-corrected chi connectivity index (χ3v) is 13.0. The van der Waals surface area contributed by atoms with Gasteiger partial charge in [-0.05, 0) is 84.3 Å². The molecule has 8 N–H and O–H groups in total. The Morgan fingerprint density at radius 1 is 0.518 bits per heavy atom. The van der Waals surface area contributed by atoms with Gasteiger partial charge in [-0.2, -0.15) is 16.8 Å². The van der Waals surface area contributed by atoms with E-state index in [1.54, 1.807) is 21.6 Å². The van der Waals surface area contributed by atoms with Crippen LogP contribution in [0.5, 0.6) is 11.5 Å². The van der Waals surface area contributed by atoms with Crippen molar-refractivity contribution in [3.63, 3.8) is 0 Å². The molecule has 0 unspecified atom stereocenters. The van der Waals surface area contributed by atoms with E-state index in [1.807, 2.05) is 0 Å². The van der Waals surface area contributed by atoms with Gasteiger partial charge in [0.2, 0.25) is 0 Å². The third kappa shape index (κ3) is 7.89. The first-order chi connectivity index (χ1) is 26.1. The van der Waals surface area contributed by atoms with Gasteiger partial charge in [-0.25, -0.2) is 31.1 Å². The smallest absolute Gasteiger partial charge is 0.342 e. The zero-order chi connectivity index (χ0) is 41.0. The summed E-state index contributed by atoms with van der Waals surface area (Å²) in [6.45, 7) is 3.06. The number of aromatic hydroxyl groups is 2. The second kappa shape index (κ2) is 14.3. The predicted molar refractivity (Wildman–Crippen MR) is 206 cm³/mol. The van der Waals surface area contributed by atoms with E-state index in [0.29, 0.717) is 21.9 Å². The van der Waals surface area contributed by atoms with Gasteiger partial charge in [0, 0.05) is 22.1 Å². The molecule has 0 aliphatic carbocycles. The number of anilines is 4. The molecule has 0 fully saturated rings. The number of hydrogen-bond acceptors (Lipinski definition) is 13. The highest BCUT2D eigenvalue weighted by atomic mass is 32.2. The average molecular weight is 843 g/mol. The molecule has 56 heavy (non-hydrogen) atoms. The van der Waals surface area contributed by atoms with Crippen molar-refractivity contribution in [1.29, 1.82) is 0 Å². The number of nitrogens with one attached hydrogen (secondary N) is 4. The molecule has 0 atom stereocenters. The van der Waals surface area contributed by atoms with Crippen LogP contribution in [0.1, 0.15) is 11.1 Å². The third-order valence-electron chi connectivity index (χ3n) is 8.54. The first kappa shape index (κ1) is 39.7. The second-order valence-corrected chi connectivity index (χ2v) is 18.5. The fourth-order valence-corrected chi connectivity index (χ4v) is 9.05. The van der Waals surface area contributed by atoms with Crippen LogP contribution in [-0.4, -0.2) is 59.0 Å². The van der Waals surface area contributed by atoms with Crippen molar-refractivity contribution in [2.24, 2.45) is 0 Å². The summed E-state index contributed by atoms with van der Waals surface area (Å²) in [5.41, 5.74) is 0.0922. The quantitative estimate of drug-likeness (QED) is 0.0804. The van der Waals surface area contributed by atoms with Crippen molar-refractivity contribution in [1.82, 2.24) is 9.44 Å². The Morgan fingerprint density at radius 2 is 0.893 bits per heavy atom. The Kier molecular flexibility index (Phi) is 10.1. The van der Waals surface area contributed by atoms with Gasteiger partial charge in [-0.15, -0.1) is 0 Å². The Morgan fingerprint density at radius 3 is 1.25 bits per heavy atom. The Balaban J connectivity index is 1.28. The number of benzene rings is 6. The van der Waals surface area contributed by atoms with Crippen LogP contribution in [0.15, 0.2) is 117 Å². The van der Waals surface area contributed by atoms with E-state index in [1.165, 1.54) is 62.4 Å². The number of phenolic OH excluding ortho intramolecular Hbond substituents is 2.